The Kier molecular flexibility index (Phi) is 35.3. The van der Waals surface area contributed by atoms with E-state index in [9.17, 15) is 4.39 Å². The number of hydrogen-bond acceptors (Lipinski definition) is 17. The van der Waals surface area contributed by atoms with Crippen molar-refractivity contribution < 1.29 is 44.1 Å². The van der Waals surface area contributed by atoms with Crippen LogP contribution >= 0.6 is 57.2 Å². The highest BCUT2D eigenvalue weighted by atomic mass is 35.5. The molecule has 2 aliphatic heterocycles. The summed E-state index contributed by atoms with van der Waals surface area (Å²) in [4.78, 5) is 47.5. The Morgan fingerprint density at radius 3 is 1.15 bits per heavy atom. The fraction of sp³-hybridized carbons (Fsp3) is 0.179. The summed E-state index contributed by atoms with van der Waals surface area (Å²) in [5.74, 6) is 4.54. The van der Waals surface area contributed by atoms with E-state index < -0.39 is 0 Å². The third kappa shape index (κ3) is 29.1. The molecule has 22 rings (SSSR count). The van der Waals surface area contributed by atoms with E-state index in [4.69, 9.17) is 54.8 Å². The second kappa shape index (κ2) is 48.3. The van der Waals surface area contributed by atoms with E-state index >= 15 is 0 Å². The van der Waals surface area contributed by atoms with E-state index in [1.54, 1.807) is 139 Å². The normalized spacial score (nSPS) is 11.6. The van der Waals surface area contributed by atoms with Crippen LogP contribution in [-0.2, 0) is 0 Å². The van der Waals surface area contributed by atoms with Crippen LogP contribution in [0.3, 0.4) is 0 Å². The molecule has 0 radical (unpaired) electrons. The molecule has 141 heavy (non-hydrogen) atoms. The fourth-order valence-corrected chi connectivity index (χ4v) is 18.2. The first-order valence-electron chi connectivity index (χ1n) is 45.5. The number of aromatic nitrogens is 11. The Bertz CT molecular complexity index is 7100. The fourth-order valence-electron chi connectivity index (χ4n) is 15.1. The van der Waals surface area contributed by atoms with Crippen LogP contribution in [0.15, 0.2) is 321 Å². The van der Waals surface area contributed by atoms with Gasteiger partial charge in [0.1, 0.15) is 35.0 Å². The van der Waals surface area contributed by atoms with E-state index in [0.29, 0.717) is 23.1 Å². The Morgan fingerprint density at radius 1 is 0.355 bits per heavy atom. The molecule has 0 aliphatic carbocycles. The second-order valence-electron chi connectivity index (χ2n) is 34.5. The lowest BCUT2D eigenvalue weighted by molar-refractivity contribution is -0.904. The average Bonchev–Trinajstić information content (AvgIpc) is 1.63. The zero-order valence-corrected chi connectivity index (χ0v) is 85.6. The lowest BCUT2D eigenvalue weighted by atomic mass is 10.1. The van der Waals surface area contributed by atoms with Gasteiger partial charge in [-0.1, -0.05) is 65.2 Å². The minimum Gasteiger partial charge on any atom is -0.363 e. The summed E-state index contributed by atoms with van der Waals surface area (Å²) in [7, 11) is 11.8. The van der Waals surface area contributed by atoms with Crippen molar-refractivity contribution >= 4 is 144 Å². The minimum absolute atomic E-state index is 0.215. The van der Waals surface area contributed by atoms with E-state index in [0.717, 1.165) is 150 Å². The van der Waals surface area contributed by atoms with Gasteiger partial charge < -0.3 is 34.6 Å². The first-order chi connectivity index (χ1) is 67.6. The molecule has 718 valence electrons. The maximum atomic E-state index is 13.3. The van der Waals surface area contributed by atoms with E-state index in [-0.39, 0.29) is 5.82 Å². The molecule has 0 amide bonds. The third-order valence-corrected chi connectivity index (χ3v) is 26.0. The third-order valence-electron chi connectivity index (χ3n) is 22.5. The minimum atomic E-state index is -0.215. The number of aliphatic imine (C=N–C) groups is 2. The van der Waals surface area contributed by atoms with Gasteiger partial charge in [-0.3, -0.25) is 41.6 Å². The number of aromatic amines is 3. The molecule has 0 bridgehead atoms. The summed E-state index contributed by atoms with van der Waals surface area (Å²) < 4.78 is 21.2. The molecule has 20 aromatic rings. The van der Waals surface area contributed by atoms with Gasteiger partial charge in [0.15, 0.2) is 5.82 Å². The predicted octanol–water partition coefficient (Wildman–Crippen LogP) is 24.0. The van der Waals surface area contributed by atoms with Gasteiger partial charge in [-0.15, -0.1) is 34.0 Å². The van der Waals surface area contributed by atoms with Crippen molar-refractivity contribution in [3.8, 4) is 44.8 Å². The van der Waals surface area contributed by atoms with Gasteiger partial charge in [0, 0.05) is 270 Å². The number of pyridine rings is 4. The monoisotopic (exact) mass is 1980 g/mol. The van der Waals surface area contributed by atoms with Gasteiger partial charge >= 0.3 is 0 Å². The van der Waals surface area contributed by atoms with Gasteiger partial charge in [0.25, 0.3) is 0 Å². The molecular weight excluding hydrogens is 1860 g/mol. The van der Waals surface area contributed by atoms with Crippen molar-refractivity contribution in [1.29, 1.82) is 10.8 Å². The summed E-state index contributed by atoms with van der Waals surface area (Å²) >= 11 is 17.1. The summed E-state index contributed by atoms with van der Waals surface area (Å²) in [6.45, 7) is 24.0. The molecule has 29 heteroatoms. The van der Waals surface area contributed by atoms with Crippen molar-refractivity contribution in [2.75, 3.05) is 68.5 Å². The maximum Gasteiger partial charge on any atom is 0.222 e. The molecule has 0 spiro atoms. The molecule has 0 saturated heterocycles. The molecule has 23 nitrogen and oxygen atoms in total. The number of rotatable bonds is 8. The number of aryl methyl sites for hydroxylation is 10. The summed E-state index contributed by atoms with van der Waals surface area (Å²) in [6, 6.07) is 77.8. The van der Waals surface area contributed by atoms with Gasteiger partial charge in [0.2, 0.25) is 49.6 Å². The quantitative estimate of drug-likeness (QED) is 0.0297. The summed E-state index contributed by atoms with van der Waals surface area (Å²) in [6.07, 6.45) is 19.5. The zero-order valence-electron chi connectivity index (χ0n) is 81.7. The van der Waals surface area contributed by atoms with E-state index in [2.05, 4.69) is 219 Å². The number of thiophene rings is 3. The number of likely N-dealkylation sites (N-methyl/N-ethyl adjacent to an activating group) is 2. The molecule has 2 aliphatic rings. The van der Waals surface area contributed by atoms with Crippen LogP contribution in [0.2, 0.25) is 10.0 Å². The number of nitrogens with zero attached hydrogens (tertiary/aromatic N) is 14. The Morgan fingerprint density at radius 2 is 0.695 bits per heavy atom. The lowest BCUT2D eigenvalue weighted by Crippen LogP contribution is -2.27. The second-order valence-corrected chi connectivity index (χ2v) is 39.2. The number of amidine groups is 4. The highest BCUT2D eigenvalue weighted by Gasteiger charge is 2.19. The van der Waals surface area contributed by atoms with Crippen LogP contribution in [0.5, 0.6) is 0 Å². The van der Waals surface area contributed by atoms with Crippen molar-refractivity contribution in [2.45, 2.75) is 69.2 Å². The SMILES string of the molecule is Cc1cc2cc(C(=N)N(C)C)ccc2[nH]1.Cc1cc2cc(C(=N)N(C)C)ccc2s1.Cc1cc2cc(C3=NCCN3C)ccc2[nH]1.Cc1cc2cc(C3=NCCN3C)ccc2s1.Cc1cc2cc(Cl)ccc2[nH]1.Cc1cc2cc(Cl)ccc2s1.Cc1ccc(-c2cc[n+](O)cc2)cc1.Cc1ccc(-c2cc[n+](O)cc2)cc1F.Cc1cnc(-c2cc[n+](O)cc2)nc1.Cc1ncc(-c2cc[n+](O)cc2)cn1. The first kappa shape index (κ1) is 103. The smallest absolute Gasteiger partial charge is 0.222 e. The number of H-pyrrole nitrogens is 3. The van der Waals surface area contributed by atoms with Crippen LogP contribution in [0.4, 0.5) is 4.39 Å². The maximum absolute atomic E-state index is 13.3. The van der Waals surface area contributed by atoms with Crippen LogP contribution in [0, 0.1) is 85.9 Å². The number of benzene rings is 8. The molecule has 12 aromatic heterocycles. The van der Waals surface area contributed by atoms with Crippen molar-refractivity contribution in [2.24, 2.45) is 9.98 Å². The molecular formula is C112H116Cl2FN19O4S3+4. The highest BCUT2D eigenvalue weighted by molar-refractivity contribution is 7.19. The number of hydrogen-bond donors (Lipinski definition) is 9. The molecule has 0 unspecified atom stereocenters. The zero-order chi connectivity index (χ0) is 101. The number of nitrogens with one attached hydrogen (secondary N) is 5. The molecule has 9 N–H and O–H groups in total. The van der Waals surface area contributed by atoms with Gasteiger partial charge in [-0.2, -0.15) is 0 Å². The van der Waals surface area contributed by atoms with Gasteiger partial charge in [0.05, 0.1) is 13.1 Å². The summed E-state index contributed by atoms with van der Waals surface area (Å²) in [5.41, 5.74) is 21.0. The predicted molar refractivity (Wildman–Crippen MR) is 575 cm³/mol. The standard InChI is InChI=1S/C13H15N3.C13H14N2S.C12H11FNO.C12H15N3.C12H14N2S.C12H12NO.2C10H10N3O.C9H8ClN.C9H7ClS/c1-9-7-11-8-10(3-4-12(11)15-9)13-14-5-6-16(13)2;1-9-7-11-8-10(3-4-12(11)16-9)13-14-5-6-15(13)2;1-9-2-3-11(8-12(9)13)10-4-6-14(15)7-5-10;1-8-6-10-7-9(12(13)15(2)3)4-5-11(10)14-8;1-8-6-10-7-9(12(13)14(2)3)4-5-11(10)15-8;1-10-2-4-11(5-3-10)12-6-8-13(14)9-7-12;1-8-11-6-10(7-12-8)9-2-4-13(14)5-3-9;1-8-6-11-10(12-7-8)9-2-4-13(14)5-3-9;2*1-6-4-7-5-8(10)2-3-9(7)11-6/h3-4,7-8,15H,5-6H2,1-2H3;3-4,7-8H,5-6H2,1-2H3;2-8,15H,1H3;4-7,13-14H,1-3H3;4-7,13H,1-3H3;2-9,14H,1H3;2*2-7,14H,1H3;2-5,11H,1H3;2-5H,1H3/q;;+1;;;3*+1;;. The van der Waals surface area contributed by atoms with Crippen LogP contribution in [0.1, 0.15) is 76.5 Å². The molecule has 0 fully saturated rings. The van der Waals surface area contributed by atoms with Crippen LogP contribution in [-0.4, -0.2) is 167 Å². The molecule has 14 heterocycles. The van der Waals surface area contributed by atoms with E-state index in [1.165, 1.54) is 108 Å². The molecule has 0 atom stereocenters. The van der Waals surface area contributed by atoms with Crippen molar-refractivity contribution in [3.63, 3.8) is 0 Å². The molecule has 0 saturated carbocycles. The van der Waals surface area contributed by atoms with Crippen LogP contribution in [0.25, 0.3) is 108 Å². The largest absolute Gasteiger partial charge is 0.363 e. The van der Waals surface area contributed by atoms with Crippen LogP contribution < -0.4 is 18.9 Å². The number of halogens is 3. The average molecular weight is 1980 g/mol. The highest BCUT2D eigenvalue weighted by Crippen LogP contribution is 2.32. The Balaban J connectivity index is 0.000000132. The Hall–Kier alpha value is -15.4. The topological polar surface area (TPSA) is 281 Å². The lowest BCUT2D eigenvalue weighted by Gasteiger charge is -2.13. The van der Waals surface area contributed by atoms with E-state index in [1.807, 2.05) is 145 Å². The Labute approximate surface area is 842 Å². The van der Waals surface area contributed by atoms with Crippen molar-refractivity contribution in [3.05, 3.63) is 403 Å². The number of fused-ring (bicyclic) bond motifs is 6. The molecule has 8 aromatic carbocycles. The van der Waals surface area contributed by atoms with Gasteiger partial charge in [-0.05, 0) is 276 Å². The van der Waals surface area contributed by atoms with Gasteiger partial charge in [-0.25, -0.2) is 24.3 Å². The first-order valence-corrected chi connectivity index (χ1v) is 48.7. The summed E-state index contributed by atoms with van der Waals surface area (Å²) in [5, 5.41) is 61.0. The van der Waals surface area contributed by atoms with Crippen molar-refractivity contribution in [1.82, 2.24) is 54.5 Å².